The van der Waals surface area contributed by atoms with Crippen LogP contribution in [-0.4, -0.2) is 22.5 Å². The zero-order chi connectivity index (χ0) is 10.6. The minimum Gasteiger partial charge on any atom is -0.478 e. The molecule has 0 atom stereocenters. The number of nitrogens with zero attached hydrogens (tertiary/aromatic N) is 2. The average molecular weight is 196 g/mol. The summed E-state index contributed by atoms with van der Waals surface area (Å²) in [5.41, 5.74) is 5.30. The molecule has 0 aliphatic carbocycles. The minimum absolute atomic E-state index is 0.000276. The molecule has 0 unspecified atom stereocenters. The van der Waals surface area contributed by atoms with E-state index in [9.17, 15) is 4.79 Å². The maximum absolute atomic E-state index is 10.8. The summed E-state index contributed by atoms with van der Waals surface area (Å²) in [6, 6.07) is 0. The van der Waals surface area contributed by atoms with Crippen LogP contribution in [0.4, 0.5) is 11.8 Å². The van der Waals surface area contributed by atoms with Crippen molar-refractivity contribution in [2.45, 2.75) is 13.8 Å². The molecule has 1 aromatic heterocycles. The number of hydrogen-bond donors (Lipinski definition) is 2. The molecule has 6 heteroatoms. The first-order valence-corrected chi connectivity index (χ1v) is 4.31. The number of aromatic nitrogens is 2. The number of nitrogens with one attached hydrogen (secondary N) is 1. The zero-order valence-corrected chi connectivity index (χ0v) is 8.07. The molecule has 0 spiro atoms. The standard InChI is InChI=1S/C6H6N4O2.C2H6/c7-6-8-1-3-5(10-6)9-4(11)2-12-3;1-2/h1H,2H2,(H3,7,8,9,10,11);1-2H3. The predicted molar refractivity (Wildman–Crippen MR) is 51.9 cm³/mol. The molecule has 1 aliphatic heterocycles. The monoisotopic (exact) mass is 196 g/mol. The van der Waals surface area contributed by atoms with Gasteiger partial charge in [0.2, 0.25) is 5.95 Å². The summed E-state index contributed by atoms with van der Waals surface area (Å²) >= 11 is 0. The van der Waals surface area contributed by atoms with Crippen molar-refractivity contribution in [3.63, 3.8) is 0 Å². The summed E-state index contributed by atoms with van der Waals surface area (Å²) in [4.78, 5) is 18.3. The second-order valence-corrected chi connectivity index (χ2v) is 2.28. The van der Waals surface area contributed by atoms with Crippen molar-refractivity contribution in [3.8, 4) is 5.75 Å². The van der Waals surface area contributed by atoms with Gasteiger partial charge < -0.3 is 15.8 Å². The molecule has 0 aromatic carbocycles. The fourth-order valence-electron chi connectivity index (χ4n) is 0.891. The maximum atomic E-state index is 10.8. The summed E-state index contributed by atoms with van der Waals surface area (Å²) in [5.74, 6) is 0.655. The number of fused-ring (bicyclic) bond motifs is 1. The summed E-state index contributed by atoms with van der Waals surface area (Å²) in [5, 5.41) is 2.51. The van der Waals surface area contributed by atoms with Crippen molar-refractivity contribution in [1.82, 2.24) is 9.97 Å². The van der Waals surface area contributed by atoms with Crippen molar-refractivity contribution < 1.29 is 9.53 Å². The molecule has 1 aliphatic rings. The highest BCUT2D eigenvalue weighted by molar-refractivity contribution is 5.94. The number of carbonyl (C=O) groups excluding carboxylic acids is 1. The highest BCUT2D eigenvalue weighted by atomic mass is 16.5. The number of rotatable bonds is 0. The number of anilines is 2. The van der Waals surface area contributed by atoms with E-state index in [4.69, 9.17) is 10.5 Å². The lowest BCUT2D eigenvalue weighted by Gasteiger charge is -2.15. The lowest BCUT2D eigenvalue weighted by Crippen LogP contribution is -2.26. The van der Waals surface area contributed by atoms with Crippen LogP contribution in [0.15, 0.2) is 6.20 Å². The summed E-state index contributed by atoms with van der Waals surface area (Å²) in [6.45, 7) is 4.00. The van der Waals surface area contributed by atoms with Crippen LogP contribution in [0.2, 0.25) is 0 Å². The minimum atomic E-state index is -0.236. The van der Waals surface area contributed by atoms with Gasteiger partial charge in [0.05, 0.1) is 6.20 Å². The van der Waals surface area contributed by atoms with E-state index in [0.29, 0.717) is 11.6 Å². The Labute approximate surface area is 81.5 Å². The van der Waals surface area contributed by atoms with Crippen molar-refractivity contribution in [1.29, 1.82) is 0 Å². The SMILES string of the molecule is CC.Nc1ncc2c(n1)NC(=O)CO2. The van der Waals surface area contributed by atoms with Gasteiger partial charge in [-0.1, -0.05) is 13.8 Å². The van der Waals surface area contributed by atoms with Gasteiger partial charge in [0.25, 0.3) is 5.91 Å². The van der Waals surface area contributed by atoms with Crippen LogP contribution in [0.1, 0.15) is 13.8 Å². The van der Waals surface area contributed by atoms with E-state index in [1.807, 2.05) is 13.8 Å². The van der Waals surface area contributed by atoms with Gasteiger partial charge in [0.1, 0.15) is 0 Å². The molecule has 0 saturated carbocycles. The Morgan fingerprint density at radius 3 is 3.00 bits per heavy atom. The average Bonchev–Trinajstić information content (AvgIpc) is 2.20. The third kappa shape index (κ3) is 2.09. The Balaban J connectivity index is 0.000000461. The van der Waals surface area contributed by atoms with Crippen molar-refractivity contribution >= 4 is 17.7 Å². The molecule has 14 heavy (non-hydrogen) atoms. The van der Waals surface area contributed by atoms with E-state index in [1.54, 1.807) is 0 Å². The summed E-state index contributed by atoms with van der Waals surface area (Å²) < 4.78 is 5.00. The van der Waals surface area contributed by atoms with E-state index >= 15 is 0 Å². The molecule has 1 amide bonds. The van der Waals surface area contributed by atoms with Crippen LogP contribution in [0.25, 0.3) is 0 Å². The number of amides is 1. The first kappa shape index (κ1) is 10.2. The Bertz CT molecular complexity index is 340. The Kier molecular flexibility index (Phi) is 3.22. The zero-order valence-electron chi connectivity index (χ0n) is 8.07. The Morgan fingerprint density at radius 2 is 2.29 bits per heavy atom. The maximum Gasteiger partial charge on any atom is 0.263 e. The third-order valence-electron chi connectivity index (χ3n) is 1.39. The molecule has 0 fully saturated rings. The van der Waals surface area contributed by atoms with Gasteiger partial charge in [0, 0.05) is 0 Å². The van der Waals surface area contributed by atoms with Crippen LogP contribution >= 0.6 is 0 Å². The molecule has 6 nitrogen and oxygen atoms in total. The molecule has 2 rings (SSSR count). The van der Waals surface area contributed by atoms with Gasteiger partial charge in [-0.25, -0.2) is 4.98 Å². The molecule has 0 bridgehead atoms. The topological polar surface area (TPSA) is 90.1 Å². The third-order valence-corrected chi connectivity index (χ3v) is 1.39. The van der Waals surface area contributed by atoms with Crippen LogP contribution < -0.4 is 15.8 Å². The summed E-state index contributed by atoms with van der Waals surface area (Å²) in [7, 11) is 0. The van der Waals surface area contributed by atoms with E-state index in [-0.39, 0.29) is 18.5 Å². The van der Waals surface area contributed by atoms with Gasteiger partial charge in [-0.15, -0.1) is 0 Å². The quantitative estimate of drug-likeness (QED) is 0.627. The first-order valence-electron chi connectivity index (χ1n) is 4.31. The number of ether oxygens (including phenoxy) is 1. The highest BCUT2D eigenvalue weighted by Gasteiger charge is 2.17. The van der Waals surface area contributed by atoms with Gasteiger partial charge in [-0.2, -0.15) is 4.98 Å². The smallest absolute Gasteiger partial charge is 0.263 e. The van der Waals surface area contributed by atoms with Gasteiger partial charge >= 0.3 is 0 Å². The van der Waals surface area contributed by atoms with Crippen LogP contribution in [-0.2, 0) is 4.79 Å². The lowest BCUT2D eigenvalue weighted by molar-refractivity contribution is -0.118. The molecule has 0 saturated heterocycles. The highest BCUT2D eigenvalue weighted by Crippen LogP contribution is 2.23. The number of nitrogen functional groups attached to an aromatic ring is 1. The predicted octanol–water partition coefficient (Wildman–Crippen LogP) is 0.416. The van der Waals surface area contributed by atoms with Crippen molar-refractivity contribution in [3.05, 3.63) is 6.20 Å². The van der Waals surface area contributed by atoms with E-state index < -0.39 is 0 Å². The fraction of sp³-hybridized carbons (Fsp3) is 0.375. The van der Waals surface area contributed by atoms with Crippen LogP contribution in [0.5, 0.6) is 5.75 Å². The largest absolute Gasteiger partial charge is 0.478 e. The van der Waals surface area contributed by atoms with E-state index in [0.717, 1.165) is 0 Å². The van der Waals surface area contributed by atoms with E-state index in [2.05, 4.69) is 15.3 Å². The molecule has 76 valence electrons. The fourth-order valence-corrected chi connectivity index (χ4v) is 0.891. The molecular formula is C8H12N4O2. The normalized spacial score (nSPS) is 12.9. The number of nitrogens with two attached hydrogens (primary N) is 1. The lowest BCUT2D eigenvalue weighted by atomic mass is 10.4. The van der Waals surface area contributed by atoms with Gasteiger partial charge in [-0.3, -0.25) is 4.79 Å². The molecular weight excluding hydrogens is 184 g/mol. The van der Waals surface area contributed by atoms with Crippen molar-refractivity contribution in [2.24, 2.45) is 0 Å². The van der Waals surface area contributed by atoms with E-state index in [1.165, 1.54) is 6.20 Å². The number of hydrogen-bond acceptors (Lipinski definition) is 5. The summed E-state index contributed by atoms with van der Waals surface area (Å²) in [6.07, 6.45) is 1.43. The molecule has 3 N–H and O–H groups in total. The Morgan fingerprint density at radius 1 is 1.57 bits per heavy atom. The van der Waals surface area contributed by atoms with Crippen LogP contribution in [0.3, 0.4) is 0 Å². The molecule has 2 heterocycles. The van der Waals surface area contributed by atoms with Crippen LogP contribution in [0, 0.1) is 0 Å². The molecule has 1 aromatic rings. The van der Waals surface area contributed by atoms with Gasteiger partial charge in [0.15, 0.2) is 18.2 Å². The second-order valence-electron chi connectivity index (χ2n) is 2.28. The second kappa shape index (κ2) is 4.40. The van der Waals surface area contributed by atoms with Gasteiger partial charge in [-0.05, 0) is 0 Å². The Hall–Kier alpha value is -1.85. The molecule has 0 radical (unpaired) electrons. The van der Waals surface area contributed by atoms with Crippen molar-refractivity contribution in [2.75, 3.05) is 17.7 Å². The first-order chi connectivity index (χ1) is 6.75. The number of carbonyl (C=O) groups is 1.